The molecule has 5 nitrogen and oxygen atoms in total. The lowest BCUT2D eigenvalue weighted by molar-refractivity contribution is -0.137. The molecule has 3 rings (SSSR count). The van der Waals surface area contributed by atoms with Crippen LogP contribution in [0.2, 0.25) is 0 Å². The Balaban J connectivity index is 1.97. The molecular formula is C17H17NO4S. The summed E-state index contributed by atoms with van der Waals surface area (Å²) in [6, 6.07) is 12.5. The summed E-state index contributed by atoms with van der Waals surface area (Å²) in [5.74, 6) is 1.59. The lowest BCUT2D eigenvalue weighted by atomic mass is 9.99. The molecule has 0 radical (unpaired) electrons. The third-order valence-electron chi connectivity index (χ3n) is 3.68. The van der Waals surface area contributed by atoms with Crippen molar-refractivity contribution in [1.82, 2.24) is 0 Å². The summed E-state index contributed by atoms with van der Waals surface area (Å²) < 4.78 is 11.2. The van der Waals surface area contributed by atoms with Gasteiger partial charge in [-0.05, 0) is 24.3 Å². The maximum absolute atomic E-state index is 11.0. The average Bonchev–Trinajstić information content (AvgIpc) is 2.57. The van der Waals surface area contributed by atoms with Gasteiger partial charge < -0.3 is 20.3 Å². The summed E-state index contributed by atoms with van der Waals surface area (Å²) >= 11 is 1.50. The molecule has 1 aliphatic heterocycles. The normalized spacial score (nSPS) is 16.7. The Morgan fingerprint density at radius 2 is 2.04 bits per heavy atom. The molecule has 23 heavy (non-hydrogen) atoms. The second-order valence-electron chi connectivity index (χ2n) is 5.20. The van der Waals surface area contributed by atoms with E-state index >= 15 is 0 Å². The fourth-order valence-electron chi connectivity index (χ4n) is 2.48. The molecule has 0 aromatic heterocycles. The number of benzene rings is 2. The molecule has 2 aromatic rings. The van der Waals surface area contributed by atoms with Crippen LogP contribution in [0, 0.1) is 0 Å². The molecule has 6 heteroatoms. The number of hydrogen-bond acceptors (Lipinski definition) is 5. The highest BCUT2D eigenvalue weighted by Gasteiger charge is 2.29. The van der Waals surface area contributed by atoms with Gasteiger partial charge >= 0.3 is 5.97 Å². The monoisotopic (exact) mass is 331 g/mol. The molecule has 2 atom stereocenters. The third-order valence-corrected chi connectivity index (χ3v) is 5.07. The van der Waals surface area contributed by atoms with Crippen LogP contribution in [0.15, 0.2) is 42.5 Å². The molecule has 2 aromatic carbocycles. The molecule has 120 valence electrons. The Morgan fingerprint density at radius 3 is 2.78 bits per heavy atom. The van der Waals surface area contributed by atoms with E-state index in [1.165, 1.54) is 11.8 Å². The number of carboxylic acid groups (broad SMARTS) is 1. The van der Waals surface area contributed by atoms with Gasteiger partial charge in [0.1, 0.15) is 23.3 Å². The quantitative estimate of drug-likeness (QED) is 0.876. The SMILES string of the molecule is COc1ccc2c(c1)C(SC[C@H](N)C(=O)O)c1ccccc1O2. The number of para-hydroxylation sites is 1. The Kier molecular flexibility index (Phi) is 4.45. The van der Waals surface area contributed by atoms with Gasteiger partial charge in [-0.1, -0.05) is 18.2 Å². The molecule has 0 bridgehead atoms. The lowest BCUT2D eigenvalue weighted by Crippen LogP contribution is -2.32. The summed E-state index contributed by atoms with van der Waals surface area (Å²) in [5, 5.41) is 8.96. The van der Waals surface area contributed by atoms with Gasteiger partial charge in [-0.25, -0.2) is 0 Å². The minimum absolute atomic E-state index is 0.0459. The Morgan fingerprint density at radius 1 is 1.30 bits per heavy atom. The topological polar surface area (TPSA) is 81.8 Å². The van der Waals surface area contributed by atoms with Gasteiger partial charge in [-0.3, -0.25) is 4.79 Å². The second kappa shape index (κ2) is 6.52. The van der Waals surface area contributed by atoms with Crippen molar-refractivity contribution in [3.05, 3.63) is 53.6 Å². The molecule has 0 amide bonds. The van der Waals surface area contributed by atoms with Crippen molar-refractivity contribution in [2.45, 2.75) is 11.3 Å². The first-order valence-electron chi connectivity index (χ1n) is 7.15. The summed E-state index contributed by atoms with van der Waals surface area (Å²) in [4.78, 5) is 11.0. The Bertz CT molecular complexity index is 734. The van der Waals surface area contributed by atoms with Crippen LogP contribution in [0.4, 0.5) is 0 Å². The number of ether oxygens (including phenoxy) is 2. The summed E-state index contributed by atoms with van der Waals surface area (Å²) in [7, 11) is 1.61. The Hall–Kier alpha value is -2.18. The number of carbonyl (C=O) groups is 1. The molecule has 1 heterocycles. The first kappa shape index (κ1) is 15.7. The van der Waals surface area contributed by atoms with Crippen molar-refractivity contribution < 1.29 is 19.4 Å². The summed E-state index contributed by atoms with van der Waals surface area (Å²) in [6.45, 7) is 0. The number of carboxylic acids is 1. The van der Waals surface area contributed by atoms with E-state index in [0.717, 1.165) is 28.4 Å². The molecular weight excluding hydrogens is 314 g/mol. The zero-order valence-corrected chi connectivity index (χ0v) is 13.4. The minimum atomic E-state index is -0.997. The zero-order chi connectivity index (χ0) is 16.4. The van der Waals surface area contributed by atoms with Gasteiger partial charge in [0.05, 0.1) is 12.4 Å². The first-order chi connectivity index (χ1) is 11.1. The molecule has 0 spiro atoms. The van der Waals surface area contributed by atoms with Gasteiger partial charge in [0.25, 0.3) is 0 Å². The van der Waals surface area contributed by atoms with Gasteiger partial charge in [-0.2, -0.15) is 0 Å². The van der Waals surface area contributed by atoms with Crippen molar-refractivity contribution in [3.8, 4) is 17.2 Å². The van der Waals surface area contributed by atoms with Crippen molar-refractivity contribution >= 4 is 17.7 Å². The summed E-state index contributed by atoms with van der Waals surface area (Å²) in [5.41, 5.74) is 7.63. The lowest BCUT2D eigenvalue weighted by Gasteiger charge is -2.28. The van der Waals surface area contributed by atoms with Crippen LogP contribution in [0.1, 0.15) is 16.4 Å². The molecule has 0 aliphatic carbocycles. The van der Waals surface area contributed by atoms with Crippen LogP contribution in [0.3, 0.4) is 0 Å². The van der Waals surface area contributed by atoms with E-state index in [4.69, 9.17) is 20.3 Å². The van der Waals surface area contributed by atoms with Crippen molar-refractivity contribution in [3.63, 3.8) is 0 Å². The van der Waals surface area contributed by atoms with Gasteiger partial charge in [0, 0.05) is 16.9 Å². The van der Waals surface area contributed by atoms with Crippen LogP contribution in [-0.2, 0) is 4.79 Å². The van der Waals surface area contributed by atoms with Crippen molar-refractivity contribution in [1.29, 1.82) is 0 Å². The molecule has 0 saturated carbocycles. The first-order valence-corrected chi connectivity index (χ1v) is 8.19. The zero-order valence-electron chi connectivity index (χ0n) is 12.6. The molecule has 0 fully saturated rings. The average molecular weight is 331 g/mol. The standard InChI is InChI=1S/C17H17NO4S/c1-21-10-6-7-15-12(8-10)16(23-9-13(18)17(19)20)11-4-2-3-5-14(11)22-15/h2-8,13,16H,9,18H2,1H3,(H,19,20)/t13-,16?/m0/s1. The molecule has 0 saturated heterocycles. The fourth-order valence-corrected chi connectivity index (χ4v) is 3.76. The van der Waals surface area contributed by atoms with Crippen LogP contribution < -0.4 is 15.2 Å². The van der Waals surface area contributed by atoms with Crippen LogP contribution in [0.25, 0.3) is 0 Å². The van der Waals surface area contributed by atoms with Gasteiger partial charge in [0.2, 0.25) is 0 Å². The highest BCUT2D eigenvalue weighted by molar-refractivity contribution is 7.99. The maximum Gasteiger partial charge on any atom is 0.321 e. The number of rotatable bonds is 5. The van der Waals surface area contributed by atoms with Crippen LogP contribution in [-0.4, -0.2) is 30.0 Å². The van der Waals surface area contributed by atoms with Crippen molar-refractivity contribution in [2.75, 3.05) is 12.9 Å². The predicted octanol–water partition coefficient (Wildman–Crippen LogP) is 3.04. The molecule has 1 aliphatic rings. The highest BCUT2D eigenvalue weighted by atomic mass is 32.2. The third kappa shape index (κ3) is 3.13. The van der Waals surface area contributed by atoms with E-state index in [1.807, 2.05) is 42.5 Å². The largest absolute Gasteiger partial charge is 0.497 e. The molecule has 1 unspecified atom stereocenters. The molecule has 3 N–H and O–H groups in total. The van der Waals surface area contributed by atoms with Crippen LogP contribution in [0.5, 0.6) is 17.2 Å². The number of nitrogens with two attached hydrogens (primary N) is 1. The maximum atomic E-state index is 11.0. The smallest absolute Gasteiger partial charge is 0.321 e. The minimum Gasteiger partial charge on any atom is -0.497 e. The highest BCUT2D eigenvalue weighted by Crippen LogP contribution is 2.50. The number of thioether (sulfide) groups is 1. The predicted molar refractivity (Wildman–Crippen MR) is 89.4 cm³/mol. The van der Waals surface area contributed by atoms with E-state index in [2.05, 4.69) is 0 Å². The Labute approximate surface area is 138 Å². The van der Waals surface area contributed by atoms with E-state index < -0.39 is 12.0 Å². The number of aliphatic carboxylic acids is 1. The fraction of sp³-hybridized carbons (Fsp3) is 0.235. The van der Waals surface area contributed by atoms with Crippen molar-refractivity contribution in [2.24, 2.45) is 5.73 Å². The number of hydrogen-bond donors (Lipinski definition) is 2. The van der Waals surface area contributed by atoms with Gasteiger partial charge in [-0.15, -0.1) is 11.8 Å². The van der Waals surface area contributed by atoms with E-state index in [9.17, 15) is 4.79 Å². The number of methoxy groups -OCH3 is 1. The second-order valence-corrected chi connectivity index (χ2v) is 6.34. The number of fused-ring (bicyclic) bond motifs is 2. The van der Waals surface area contributed by atoms with E-state index in [-0.39, 0.29) is 5.25 Å². The van der Waals surface area contributed by atoms with Gasteiger partial charge in [0.15, 0.2) is 0 Å². The van der Waals surface area contributed by atoms with Crippen LogP contribution >= 0.6 is 11.8 Å². The summed E-state index contributed by atoms with van der Waals surface area (Å²) in [6.07, 6.45) is 0. The van der Waals surface area contributed by atoms with E-state index in [1.54, 1.807) is 7.11 Å². The van der Waals surface area contributed by atoms with E-state index in [0.29, 0.717) is 5.75 Å².